The number of unbranched alkanes of at least 4 members (excludes halogenated alkanes) is 49. The summed E-state index contributed by atoms with van der Waals surface area (Å²) in [6.07, 6.45) is 84.5. The molecule has 1 unspecified atom stereocenters. The molecule has 0 radical (unpaired) electrons. The van der Waals surface area contributed by atoms with Gasteiger partial charge in [0, 0.05) is 19.3 Å². The lowest BCUT2D eigenvalue weighted by Crippen LogP contribution is -2.30. The van der Waals surface area contributed by atoms with Crippen LogP contribution in [0, 0.1) is 0 Å². The number of ether oxygens (including phenoxy) is 3. The van der Waals surface area contributed by atoms with Gasteiger partial charge in [-0.3, -0.25) is 14.4 Å². The van der Waals surface area contributed by atoms with Gasteiger partial charge in [0.15, 0.2) is 6.10 Å². The molecule has 0 fully saturated rings. The zero-order chi connectivity index (χ0) is 57.1. The summed E-state index contributed by atoms with van der Waals surface area (Å²) in [7, 11) is 0. The predicted octanol–water partition coefficient (Wildman–Crippen LogP) is 24.3. The van der Waals surface area contributed by atoms with Crippen molar-refractivity contribution in [2.75, 3.05) is 13.2 Å². The van der Waals surface area contributed by atoms with E-state index in [0.717, 1.165) is 70.6 Å². The van der Waals surface area contributed by atoms with Gasteiger partial charge in [0.2, 0.25) is 0 Å². The highest BCUT2D eigenvalue weighted by molar-refractivity contribution is 5.71. The average Bonchev–Trinajstić information content (AvgIpc) is 3.45. The highest BCUT2D eigenvalue weighted by atomic mass is 16.6. The van der Waals surface area contributed by atoms with Crippen LogP contribution in [0.1, 0.15) is 393 Å². The van der Waals surface area contributed by atoms with Crippen molar-refractivity contribution in [2.45, 2.75) is 399 Å². The minimum atomic E-state index is -0.777. The molecule has 6 heteroatoms. The van der Waals surface area contributed by atoms with Gasteiger partial charge in [-0.2, -0.15) is 0 Å². The van der Waals surface area contributed by atoms with E-state index in [1.54, 1.807) is 0 Å². The molecule has 0 saturated carbocycles. The highest BCUT2D eigenvalue weighted by Crippen LogP contribution is 2.18. The molecule has 0 saturated heterocycles. The molecule has 0 aromatic rings. The van der Waals surface area contributed by atoms with Crippen LogP contribution in [0.3, 0.4) is 0 Å². The summed E-state index contributed by atoms with van der Waals surface area (Å²) >= 11 is 0. The first-order chi connectivity index (χ1) is 39.0. The third-order valence-corrected chi connectivity index (χ3v) is 16.1. The van der Waals surface area contributed by atoms with E-state index in [-0.39, 0.29) is 31.1 Å². The van der Waals surface area contributed by atoms with Crippen molar-refractivity contribution in [3.05, 3.63) is 36.5 Å². The Morgan fingerprint density at radius 3 is 0.709 bits per heavy atom. The van der Waals surface area contributed by atoms with Crippen LogP contribution in [0.15, 0.2) is 36.5 Å². The summed E-state index contributed by atoms with van der Waals surface area (Å²) in [6, 6.07) is 0. The van der Waals surface area contributed by atoms with E-state index in [0.29, 0.717) is 19.3 Å². The zero-order valence-electron chi connectivity index (χ0n) is 53.4. The Hall–Kier alpha value is -2.37. The molecule has 464 valence electrons. The first kappa shape index (κ1) is 76.6. The minimum absolute atomic E-state index is 0.0717. The van der Waals surface area contributed by atoms with Gasteiger partial charge in [-0.25, -0.2) is 0 Å². The van der Waals surface area contributed by atoms with Crippen LogP contribution in [0.4, 0.5) is 0 Å². The fraction of sp³-hybridized carbons (Fsp3) is 0.877. The molecule has 0 spiro atoms. The highest BCUT2D eigenvalue weighted by Gasteiger charge is 2.19. The molecule has 0 amide bonds. The second-order valence-electron chi connectivity index (χ2n) is 24.1. The first-order valence-electron chi connectivity index (χ1n) is 35.5. The number of allylic oxidation sites excluding steroid dienone is 6. The lowest BCUT2D eigenvalue weighted by Gasteiger charge is -2.18. The molecular weight excluding hydrogens is 973 g/mol. The van der Waals surface area contributed by atoms with Crippen LogP contribution in [0.5, 0.6) is 0 Å². The molecule has 1 atom stereocenters. The molecule has 6 nitrogen and oxygen atoms in total. The summed E-state index contributed by atoms with van der Waals surface area (Å²) < 4.78 is 17.0. The van der Waals surface area contributed by atoms with Gasteiger partial charge in [0.1, 0.15) is 13.2 Å². The summed E-state index contributed by atoms with van der Waals surface area (Å²) in [5.41, 5.74) is 0. The van der Waals surface area contributed by atoms with Gasteiger partial charge >= 0.3 is 17.9 Å². The van der Waals surface area contributed by atoms with Crippen LogP contribution in [0.25, 0.3) is 0 Å². The van der Waals surface area contributed by atoms with Crippen molar-refractivity contribution >= 4 is 17.9 Å². The van der Waals surface area contributed by atoms with E-state index in [2.05, 4.69) is 57.2 Å². The lowest BCUT2D eigenvalue weighted by atomic mass is 10.0. The SMILES string of the molecule is CCCCCCC/C=C\C/C=C\CCCCCCCCCCCC(=O)OC(COC(=O)CCCCCCC/C=C\CCCCCCCCC)COC(=O)CCCCCCCCCCCCCCCCCCCCCCCCCC. The maximum absolute atomic E-state index is 13.0. The van der Waals surface area contributed by atoms with Crippen molar-refractivity contribution in [1.29, 1.82) is 0 Å². The molecule has 0 aromatic heterocycles. The Morgan fingerprint density at radius 2 is 0.456 bits per heavy atom. The maximum Gasteiger partial charge on any atom is 0.306 e. The van der Waals surface area contributed by atoms with Gasteiger partial charge in [-0.1, -0.05) is 333 Å². The summed E-state index contributed by atoms with van der Waals surface area (Å²) in [5, 5.41) is 0. The molecule has 0 aromatic carbocycles. The molecular formula is C73H136O6. The Balaban J connectivity index is 4.29. The van der Waals surface area contributed by atoms with E-state index in [1.807, 2.05) is 0 Å². The summed E-state index contributed by atoms with van der Waals surface area (Å²) in [5.74, 6) is -0.856. The average molecular weight is 1110 g/mol. The Morgan fingerprint density at radius 1 is 0.253 bits per heavy atom. The van der Waals surface area contributed by atoms with Crippen molar-refractivity contribution in [1.82, 2.24) is 0 Å². The normalized spacial score (nSPS) is 12.2. The molecule has 0 aliphatic heterocycles. The van der Waals surface area contributed by atoms with Crippen molar-refractivity contribution in [3.63, 3.8) is 0 Å². The Labute approximate surface area is 493 Å². The Bertz CT molecular complexity index is 1320. The molecule has 0 aliphatic rings. The smallest absolute Gasteiger partial charge is 0.306 e. The summed E-state index contributed by atoms with van der Waals surface area (Å²) in [6.45, 7) is 6.69. The number of carbonyl (C=O) groups excluding carboxylic acids is 3. The molecule has 0 heterocycles. The van der Waals surface area contributed by atoms with Crippen LogP contribution in [-0.2, 0) is 28.6 Å². The Kier molecular flexibility index (Phi) is 66.1. The number of hydrogen-bond acceptors (Lipinski definition) is 6. The number of esters is 3. The third kappa shape index (κ3) is 66.3. The first-order valence-corrected chi connectivity index (χ1v) is 35.5. The lowest BCUT2D eigenvalue weighted by molar-refractivity contribution is -0.167. The molecule has 0 bridgehead atoms. The van der Waals surface area contributed by atoms with E-state index < -0.39 is 6.10 Å². The fourth-order valence-electron chi connectivity index (χ4n) is 10.8. The van der Waals surface area contributed by atoms with Crippen LogP contribution in [0.2, 0.25) is 0 Å². The maximum atomic E-state index is 13.0. The van der Waals surface area contributed by atoms with Gasteiger partial charge in [-0.15, -0.1) is 0 Å². The molecule has 0 N–H and O–H groups in total. The van der Waals surface area contributed by atoms with Gasteiger partial charge in [0.25, 0.3) is 0 Å². The van der Waals surface area contributed by atoms with Crippen molar-refractivity contribution in [3.8, 4) is 0 Å². The second kappa shape index (κ2) is 68.1. The minimum Gasteiger partial charge on any atom is -0.462 e. The van der Waals surface area contributed by atoms with Crippen LogP contribution >= 0.6 is 0 Å². The predicted molar refractivity (Wildman–Crippen MR) is 344 cm³/mol. The van der Waals surface area contributed by atoms with E-state index in [1.165, 1.54) is 283 Å². The molecule has 0 rings (SSSR count). The number of hydrogen-bond donors (Lipinski definition) is 0. The fourth-order valence-corrected chi connectivity index (χ4v) is 10.8. The van der Waals surface area contributed by atoms with E-state index >= 15 is 0 Å². The number of rotatable bonds is 66. The third-order valence-electron chi connectivity index (χ3n) is 16.1. The number of carbonyl (C=O) groups is 3. The van der Waals surface area contributed by atoms with Crippen LogP contribution in [-0.4, -0.2) is 37.2 Å². The second-order valence-corrected chi connectivity index (χ2v) is 24.1. The van der Waals surface area contributed by atoms with E-state index in [4.69, 9.17) is 14.2 Å². The topological polar surface area (TPSA) is 78.9 Å². The zero-order valence-corrected chi connectivity index (χ0v) is 53.4. The quantitative estimate of drug-likeness (QED) is 0.0261. The molecule has 79 heavy (non-hydrogen) atoms. The van der Waals surface area contributed by atoms with Crippen LogP contribution < -0.4 is 0 Å². The monoisotopic (exact) mass is 1110 g/mol. The largest absolute Gasteiger partial charge is 0.462 e. The standard InChI is InChI=1S/C73H136O6/c1-4-7-10-13-16-19-22-25-28-31-33-35-36-37-39-40-42-45-48-51-54-57-60-63-66-72(75)78-69-70(68-77-71(74)65-62-59-56-53-50-47-44-30-27-24-21-18-15-12-9-6-3)79-73(76)67-64-61-58-55-52-49-46-43-41-38-34-32-29-26-23-20-17-14-11-8-5-2/h23,26,30,32,34,44,70H,4-22,24-25,27-29,31,33,35-43,45-69H2,1-3H3/b26-23-,34-32-,44-30-. The van der Waals surface area contributed by atoms with E-state index in [9.17, 15) is 14.4 Å². The molecule has 0 aliphatic carbocycles. The van der Waals surface area contributed by atoms with Crippen molar-refractivity contribution in [2.24, 2.45) is 0 Å². The van der Waals surface area contributed by atoms with Gasteiger partial charge in [-0.05, 0) is 77.0 Å². The van der Waals surface area contributed by atoms with Crippen molar-refractivity contribution < 1.29 is 28.6 Å². The van der Waals surface area contributed by atoms with Gasteiger partial charge < -0.3 is 14.2 Å². The van der Waals surface area contributed by atoms with Gasteiger partial charge in [0.05, 0.1) is 0 Å². The summed E-state index contributed by atoms with van der Waals surface area (Å²) in [4.78, 5) is 38.5.